The van der Waals surface area contributed by atoms with E-state index in [1.807, 2.05) is 0 Å². The summed E-state index contributed by atoms with van der Waals surface area (Å²) in [5.74, 6) is 6.17. The molecule has 1 unspecified atom stereocenters. The molecule has 1 saturated heterocycles. The fourth-order valence-electron chi connectivity index (χ4n) is 2.89. The topological polar surface area (TPSA) is 84.4 Å². The van der Waals surface area contributed by atoms with Gasteiger partial charge in [-0.2, -0.15) is 0 Å². The molecule has 0 bridgehead atoms. The maximum atomic E-state index is 10.9. The fourth-order valence-corrected chi connectivity index (χ4v) is 2.89. The molecular formula is C15H24N4O2. The Hall–Kier alpha value is -1.66. The second-order valence-corrected chi connectivity index (χ2v) is 6.83. The highest BCUT2D eigenvalue weighted by Gasteiger charge is 2.31. The highest BCUT2D eigenvalue weighted by atomic mass is 16.6. The number of nitro benzene ring substituents is 1. The minimum absolute atomic E-state index is 0.107. The van der Waals surface area contributed by atoms with E-state index in [-0.39, 0.29) is 10.6 Å². The van der Waals surface area contributed by atoms with Crippen LogP contribution in [-0.4, -0.2) is 22.9 Å². The Bertz CT molecular complexity index is 525. The summed E-state index contributed by atoms with van der Waals surface area (Å²) in [7, 11) is 0. The van der Waals surface area contributed by atoms with Crippen LogP contribution in [0.4, 0.5) is 11.4 Å². The predicted octanol–water partition coefficient (Wildman–Crippen LogP) is 2.75. The summed E-state index contributed by atoms with van der Waals surface area (Å²) in [4.78, 5) is 12.9. The smallest absolute Gasteiger partial charge is 0.269 e. The van der Waals surface area contributed by atoms with E-state index in [4.69, 9.17) is 5.84 Å². The van der Waals surface area contributed by atoms with Gasteiger partial charge < -0.3 is 5.43 Å². The Morgan fingerprint density at radius 1 is 1.48 bits per heavy atom. The Balaban J connectivity index is 2.12. The van der Waals surface area contributed by atoms with Gasteiger partial charge in [0.2, 0.25) is 0 Å². The van der Waals surface area contributed by atoms with Crippen LogP contribution in [0.25, 0.3) is 0 Å². The molecule has 3 N–H and O–H groups in total. The number of benzene rings is 1. The van der Waals surface area contributed by atoms with E-state index in [1.54, 1.807) is 12.1 Å². The number of nitrogens with one attached hydrogen (secondary N) is 1. The predicted molar refractivity (Wildman–Crippen MR) is 83.7 cm³/mol. The third kappa shape index (κ3) is 3.71. The molecule has 1 aliphatic rings. The zero-order valence-corrected chi connectivity index (χ0v) is 12.9. The second-order valence-electron chi connectivity index (χ2n) is 6.83. The van der Waals surface area contributed by atoms with Gasteiger partial charge in [-0.25, -0.2) is 0 Å². The van der Waals surface area contributed by atoms with Gasteiger partial charge in [0.25, 0.3) is 5.69 Å². The first-order valence-corrected chi connectivity index (χ1v) is 7.27. The van der Waals surface area contributed by atoms with Crippen molar-refractivity contribution in [1.29, 1.82) is 0 Å². The molecule has 116 valence electrons. The number of hydrazine groups is 1. The summed E-state index contributed by atoms with van der Waals surface area (Å²) in [5, 5.41) is 10.9. The van der Waals surface area contributed by atoms with Crippen LogP contribution >= 0.6 is 0 Å². The number of rotatable bonds is 4. The molecule has 0 aromatic heterocycles. The van der Waals surface area contributed by atoms with Crippen LogP contribution in [0.15, 0.2) is 18.2 Å². The first-order chi connectivity index (χ1) is 9.81. The first-order valence-electron chi connectivity index (χ1n) is 7.27. The second kappa shape index (κ2) is 5.99. The molecule has 6 nitrogen and oxygen atoms in total. The van der Waals surface area contributed by atoms with Gasteiger partial charge in [-0.05, 0) is 35.9 Å². The molecule has 1 fully saturated rings. The molecule has 1 aliphatic heterocycles. The summed E-state index contributed by atoms with van der Waals surface area (Å²) in [6, 6.07) is 4.75. The SMILES string of the molecule is CC(C)(C)C1CCN(Cc2cc([N+](=O)[O-])ccc2NN)C1. The zero-order valence-electron chi connectivity index (χ0n) is 12.9. The molecular weight excluding hydrogens is 268 g/mol. The van der Waals surface area contributed by atoms with Crippen molar-refractivity contribution in [1.82, 2.24) is 4.90 Å². The van der Waals surface area contributed by atoms with E-state index in [0.717, 1.165) is 24.3 Å². The van der Waals surface area contributed by atoms with E-state index < -0.39 is 0 Å². The normalized spacial score (nSPS) is 19.7. The number of nitro groups is 1. The van der Waals surface area contributed by atoms with Crippen LogP contribution in [0.2, 0.25) is 0 Å². The maximum Gasteiger partial charge on any atom is 0.269 e. The lowest BCUT2D eigenvalue weighted by molar-refractivity contribution is -0.384. The highest BCUT2D eigenvalue weighted by molar-refractivity contribution is 5.55. The van der Waals surface area contributed by atoms with Gasteiger partial charge in [0.15, 0.2) is 0 Å². The van der Waals surface area contributed by atoms with Crippen LogP contribution in [0, 0.1) is 21.4 Å². The maximum absolute atomic E-state index is 10.9. The number of hydrogen-bond donors (Lipinski definition) is 2. The quantitative estimate of drug-likeness (QED) is 0.506. The van der Waals surface area contributed by atoms with Gasteiger partial charge in [0, 0.05) is 25.2 Å². The molecule has 0 amide bonds. The molecule has 2 rings (SSSR count). The lowest BCUT2D eigenvalue weighted by Gasteiger charge is -2.27. The Kier molecular flexibility index (Phi) is 4.49. The van der Waals surface area contributed by atoms with Gasteiger partial charge in [-0.15, -0.1) is 0 Å². The lowest BCUT2D eigenvalue weighted by atomic mass is 9.80. The third-order valence-corrected chi connectivity index (χ3v) is 4.35. The highest BCUT2D eigenvalue weighted by Crippen LogP contribution is 2.34. The van der Waals surface area contributed by atoms with E-state index >= 15 is 0 Å². The van der Waals surface area contributed by atoms with Gasteiger partial charge in [-0.3, -0.25) is 20.9 Å². The molecule has 1 heterocycles. The molecule has 0 saturated carbocycles. The Morgan fingerprint density at radius 3 is 2.71 bits per heavy atom. The molecule has 1 atom stereocenters. The van der Waals surface area contributed by atoms with Gasteiger partial charge in [0.05, 0.1) is 10.6 Å². The van der Waals surface area contributed by atoms with Crippen molar-refractivity contribution in [3.05, 3.63) is 33.9 Å². The van der Waals surface area contributed by atoms with Crippen molar-refractivity contribution in [2.75, 3.05) is 18.5 Å². The summed E-state index contributed by atoms with van der Waals surface area (Å²) >= 11 is 0. The Labute approximate surface area is 125 Å². The van der Waals surface area contributed by atoms with Crippen LogP contribution in [0.5, 0.6) is 0 Å². The van der Waals surface area contributed by atoms with E-state index in [0.29, 0.717) is 17.9 Å². The third-order valence-electron chi connectivity index (χ3n) is 4.35. The monoisotopic (exact) mass is 292 g/mol. The van der Waals surface area contributed by atoms with E-state index in [1.165, 1.54) is 12.5 Å². The summed E-state index contributed by atoms with van der Waals surface area (Å²) in [5.41, 5.74) is 4.66. The molecule has 6 heteroatoms. The number of nitrogens with zero attached hydrogens (tertiary/aromatic N) is 2. The largest absolute Gasteiger partial charge is 0.324 e. The zero-order chi connectivity index (χ0) is 15.6. The molecule has 0 radical (unpaired) electrons. The number of non-ortho nitro benzene ring substituents is 1. The van der Waals surface area contributed by atoms with Crippen LogP contribution in [0.3, 0.4) is 0 Å². The van der Waals surface area contributed by atoms with E-state index in [2.05, 4.69) is 31.1 Å². The van der Waals surface area contributed by atoms with Crippen molar-refractivity contribution in [3.63, 3.8) is 0 Å². The molecule has 21 heavy (non-hydrogen) atoms. The Morgan fingerprint density at radius 2 is 2.19 bits per heavy atom. The number of nitrogens with two attached hydrogens (primary N) is 1. The lowest BCUT2D eigenvalue weighted by Crippen LogP contribution is -2.26. The van der Waals surface area contributed by atoms with Crippen LogP contribution < -0.4 is 11.3 Å². The molecule has 1 aromatic carbocycles. The summed E-state index contributed by atoms with van der Waals surface area (Å²) in [6.07, 6.45) is 1.17. The minimum atomic E-state index is -0.369. The van der Waals surface area contributed by atoms with Crippen LogP contribution in [-0.2, 0) is 6.54 Å². The summed E-state index contributed by atoms with van der Waals surface area (Å²) < 4.78 is 0. The average Bonchev–Trinajstić information content (AvgIpc) is 2.87. The minimum Gasteiger partial charge on any atom is -0.324 e. The summed E-state index contributed by atoms with van der Waals surface area (Å²) in [6.45, 7) is 9.53. The molecule has 0 aliphatic carbocycles. The first kappa shape index (κ1) is 15.7. The van der Waals surface area contributed by atoms with Gasteiger partial charge in [0.1, 0.15) is 0 Å². The fraction of sp³-hybridized carbons (Fsp3) is 0.600. The molecule has 1 aromatic rings. The van der Waals surface area contributed by atoms with Gasteiger partial charge in [-0.1, -0.05) is 20.8 Å². The number of hydrogen-bond acceptors (Lipinski definition) is 5. The van der Waals surface area contributed by atoms with Gasteiger partial charge >= 0.3 is 0 Å². The van der Waals surface area contributed by atoms with E-state index in [9.17, 15) is 10.1 Å². The number of nitrogen functional groups attached to an aromatic ring is 1. The molecule has 0 spiro atoms. The van der Waals surface area contributed by atoms with Crippen LogP contribution in [0.1, 0.15) is 32.8 Å². The number of likely N-dealkylation sites (tertiary alicyclic amines) is 1. The standard InChI is InChI=1S/C15H24N4O2/c1-15(2,3)12-6-7-18(10-12)9-11-8-13(19(20)21)4-5-14(11)17-16/h4-5,8,12,17H,6-7,9-10,16H2,1-3H3. The average molecular weight is 292 g/mol. The van der Waals surface area contributed by atoms with Crippen molar-refractivity contribution < 1.29 is 4.92 Å². The van der Waals surface area contributed by atoms with Crippen molar-refractivity contribution in [2.45, 2.75) is 33.7 Å². The van der Waals surface area contributed by atoms with Crippen molar-refractivity contribution in [3.8, 4) is 0 Å². The van der Waals surface area contributed by atoms with Crippen molar-refractivity contribution in [2.24, 2.45) is 17.2 Å². The van der Waals surface area contributed by atoms with Crippen molar-refractivity contribution >= 4 is 11.4 Å². The number of anilines is 1.